The molecular weight excluding hydrogens is 448 g/mol. The van der Waals surface area contributed by atoms with Crippen LogP contribution in [-0.4, -0.2) is 4.98 Å². The quantitative estimate of drug-likeness (QED) is 0.0842. The van der Waals surface area contributed by atoms with Crippen LogP contribution in [-0.2, 0) is 0 Å². The molecule has 0 spiro atoms. The highest BCUT2D eigenvalue weighted by Crippen LogP contribution is 2.26. The monoisotopic (exact) mass is 518 g/mol. The van der Waals surface area contributed by atoms with Crippen molar-refractivity contribution in [2.45, 2.75) is 207 Å². The Hall–Kier alpha value is -0.790. The average Bonchev–Trinajstić information content (AvgIpc) is 3.40. The number of hydrogen-bond donors (Lipinski definition) is 1. The van der Waals surface area contributed by atoms with E-state index < -0.39 is 0 Å². The maximum absolute atomic E-state index is 3.67. The van der Waals surface area contributed by atoms with Crippen molar-refractivity contribution in [3.8, 4) is 0 Å². The summed E-state index contributed by atoms with van der Waals surface area (Å²) in [6.07, 6.45) is 41.3. The van der Waals surface area contributed by atoms with E-state index in [1.165, 1.54) is 173 Å². The van der Waals surface area contributed by atoms with Gasteiger partial charge in [-0.15, -0.1) is 0 Å². The fraction of sp³-hybridized carbons (Fsp3) is 0.914. The van der Waals surface area contributed by atoms with Crippen molar-refractivity contribution in [2.24, 2.45) is 0 Å². The Kier molecular flexibility index (Phi) is 23.6. The number of nitrogens with zero attached hydrogens (tertiary/aromatic N) is 1. The zero-order valence-electron chi connectivity index (χ0n) is 26.1. The molecule has 1 N–H and O–H groups in total. The van der Waals surface area contributed by atoms with Crippen LogP contribution >= 0.6 is 0 Å². The topological polar surface area (TPSA) is 19.7 Å². The highest BCUT2D eigenvalue weighted by atomic mass is 15.1. The first-order chi connectivity index (χ1) is 18.2. The molecule has 0 saturated carbocycles. The van der Waals surface area contributed by atoms with E-state index in [0.29, 0.717) is 12.0 Å². The second-order valence-corrected chi connectivity index (χ2v) is 12.2. The SMILES string of the molecule is CCCCCCCCCCCCCCCCCCC(CCCC)c1[nH]cc[n+]1C(C)CCCCCCC. The van der Waals surface area contributed by atoms with Gasteiger partial charge < -0.3 is 0 Å². The molecule has 2 atom stereocenters. The normalized spacial score (nSPS) is 13.3. The van der Waals surface area contributed by atoms with Crippen LogP contribution in [0.5, 0.6) is 0 Å². The summed E-state index contributed by atoms with van der Waals surface area (Å²) in [7, 11) is 0. The van der Waals surface area contributed by atoms with E-state index in [0.717, 1.165) is 0 Å². The van der Waals surface area contributed by atoms with Crippen molar-refractivity contribution < 1.29 is 4.57 Å². The highest BCUT2D eigenvalue weighted by Gasteiger charge is 2.25. The van der Waals surface area contributed by atoms with Crippen LogP contribution in [0.2, 0.25) is 0 Å². The van der Waals surface area contributed by atoms with Gasteiger partial charge in [0.15, 0.2) is 0 Å². The first-order valence-corrected chi connectivity index (χ1v) is 17.3. The Morgan fingerprint density at radius 3 is 1.35 bits per heavy atom. The number of rotatable bonds is 28. The Morgan fingerprint density at radius 2 is 0.892 bits per heavy atom. The smallest absolute Gasteiger partial charge is 0.247 e. The maximum atomic E-state index is 3.67. The van der Waals surface area contributed by atoms with Crippen LogP contribution in [0.25, 0.3) is 0 Å². The molecule has 2 nitrogen and oxygen atoms in total. The number of imidazole rings is 1. The lowest BCUT2D eigenvalue weighted by Gasteiger charge is -2.17. The summed E-state index contributed by atoms with van der Waals surface area (Å²) in [5.41, 5.74) is 0. The minimum Gasteiger partial charge on any atom is -0.247 e. The van der Waals surface area contributed by atoms with Crippen LogP contribution in [0, 0.1) is 0 Å². The van der Waals surface area contributed by atoms with Gasteiger partial charge in [-0.2, -0.15) is 0 Å². The number of aromatic amines is 1. The van der Waals surface area contributed by atoms with Gasteiger partial charge in [-0.05, 0) is 32.6 Å². The summed E-state index contributed by atoms with van der Waals surface area (Å²) in [4.78, 5) is 3.67. The van der Waals surface area contributed by atoms with E-state index in [9.17, 15) is 0 Å². The zero-order chi connectivity index (χ0) is 26.8. The molecular formula is C35H69N2+. The van der Waals surface area contributed by atoms with Gasteiger partial charge in [-0.25, -0.2) is 9.55 Å². The van der Waals surface area contributed by atoms with Gasteiger partial charge in [0, 0.05) is 0 Å². The Balaban J connectivity index is 2.17. The molecule has 1 heterocycles. The Bertz CT molecular complexity index is 578. The second-order valence-electron chi connectivity index (χ2n) is 12.2. The van der Waals surface area contributed by atoms with Crippen LogP contribution in [0.4, 0.5) is 0 Å². The predicted octanol–water partition coefficient (Wildman–Crippen LogP) is 12.1. The fourth-order valence-electron chi connectivity index (χ4n) is 6.06. The van der Waals surface area contributed by atoms with E-state index in [4.69, 9.17) is 0 Å². The Labute approximate surface area is 234 Å². The van der Waals surface area contributed by atoms with Crippen molar-refractivity contribution in [1.82, 2.24) is 4.98 Å². The van der Waals surface area contributed by atoms with Gasteiger partial charge in [-0.3, -0.25) is 0 Å². The molecule has 0 amide bonds. The molecule has 2 heteroatoms. The third-order valence-corrected chi connectivity index (χ3v) is 8.64. The first-order valence-electron chi connectivity index (χ1n) is 17.3. The molecule has 1 rings (SSSR count). The van der Waals surface area contributed by atoms with Crippen LogP contribution < -0.4 is 4.57 Å². The molecule has 0 fully saturated rings. The molecule has 0 saturated heterocycles. The molecule has 0 radical (unpaired) electrons. The summed E-state index contributed by atoms with van der Waals surface area (Å²) in [5.74, 6) is 2.22. The van der Waals surface area contributed by atoms with Crippen molar-refractivity contribution >= 4 is 0 Å². The van der Waals surface area contributed by atoms with Gasteiger partial charge in [0.05, 0.1) is 12.0 Å². The largest absolute Gasteiger partial charge is 0.257 e. The lowest BCUT2D eigenvalue weighted by atomic mass is 9.93. The van der Waals surface area contributed by atoms with Gasteiger partial charge in [0.2, 0.25) is 0 Å². The Morgan fingerprint density at radius 1 is 0.514 bits per heavy atom. The molecule has 2 unspecified atom stereocenters. The van der Waals surface area contributed by atoms with Crippen molar-refractivity contribution in [2.75, 3.05) is 0 Å². The van der Waals surface area contributed by atoms with Gasteiger partial charge in [0.25, 0.3) is 5.82 Å². The van der Waals surface area contributed by atoms with Crippen LogP contribution in [0.15, 0.2) is 12.4 Å². The third kappa shape index (κ3) is 18.2. The average molecular weight is 518 g/mol. The minimum atomic E-state index is 0.623. The molecule has 0 bridgehead atoms. The van der Waals surface area contributed by atoms with E-state index in [1.807, 2.05) is 0 Å². The molecule has 1 aromatic rings. The summed E-state index contributed by atoms with van der Waals surface area (Å²) in [6, 6.07) is 0.623. The van der Waals surface area contributed by atoms with Gasteiger partial charge in [0.1, 0.15) is 12.4 Å². The number of unbranched alkanes of at least 4 members (excludes halogenated alkanes) is 20. The summed E-state index contributed by atoms with van der Waals surface area (Å²) in [6.45, 7) is 9.39. The summed E-state index contributed by atoms with van der Waals surface area (Å²) >= 11 is 0. The van der Waals surface area contributed by atoms with Crippen molar-refractivity contribution in [3.05, 3.63) is 18.2 Å². The fourth-order valence-corrected chi connectivity index (χ4v) is 6.06. The predicted molar refractivity (Wildman–Crippen MR) is 166 cm³/mol. The van der Waals surface area contributed by atoms with Gasteiger partial charge in [-0.1, -0.05) is 162 Å². The third-order valence-electron chi connectivity index (χ3n) is 8.64. The maximum Gasteiger partial charge on any atom is 0.257 e. The highest BCUT2D eigenvalue weighted by molar-refractivity contribution is 4.90. The summed E-state index contributed by atoms with van der Waals surface area (Å²) in [5, 5.41) is 0. The number of hydrogen-bond acceptors (Lipinski definition) is 0. The molecule has 0 aliphatic rings. The van der Waals surface area contributed by atoms with Crippen molar-refractivity contribution in [1.29, 1.82) is 0 Å². The second kappa shape index (κ2) is 25.5. The summed E-state index contributed by atoms with van der Waals surface area (Å²) < 4.78 is 2.59. The van der Waals surface area contributed by atoms with Crippen molar-refractivity contribution in [3.63, 3.8) is 0 Å². The number of nitrogens with one attached hydrogen (secondary N) is 1. The van der Waals surface area contributed by atoms with Crippen LogP contribution in [0.3, 0.4) is 0 Å². The molecule has 37 heavy (non-hydrogen) atoms. The van der Waals surface area contributed by atoms with E-state index in [1.54, 1.807) is 0 Å². The lowest BCUT2D eigenvalue weighted by Crippen LogP contribution is -2.41. The molecule has 0 aliphatic carbocycles. The van der Waals surface area contributed by atoms with E-state index >= 15 is 0 Å². The number of aromatic nitrogens is 2. The lowest BCUT2D eigenvalue weighted by molar-refractivity contribution is -0.727. The van der Waals surface area contributed by atoms with Gasteiger partial charge >= 0.3 is 0 Å². The standard InChI is InChI=1S/C35H68N2/c1-5-8-11-13-14-15-16-17-18-19-20-21-22-23-25-27-30-34(29-10-7-3)35-36-31-32-37(35)33(4)28-26-24-12-9-6-2/h31-34H,5-30H2,1-4H3/p+1. The van der Waals surface area contributed by atoms with Crippen LogP contribution in [0.1, 0.15) is 212 Å². The molecule has 0 aliphatic heterocycles. The molecule has 218 valence electrons. The zero-order valence-corrected chi connectivity index (χ0v) is 26.1. The minimum absolute atomic E-state index is 0.623. The molecule has 1 aromatic heterocycles. The molecule has 0 aromatic carbocycles. The van der Waals surface area contributed by atoms with E-state index in [2.05, 4.69) is 49.6 Å². The number of H-pyrrole nitrogens is 1. The first kappa shape index (κ1) is 34.2. The van der Waals surface area contributed by atoms with E-state index in [-0.39, 0.29) is 0 Å².